The van der Waals surface area contributed by atoms with Gasteiger partial charge in [0.05, 0.1) is 11.1 Å². The predicted octanol–water partition coefficient (Wildman–Crippen LogP) is 4.43. The number of carbonyl (C=O) groups is 1. The van der Waals surface area contributed by atoms with E-state index >= 15 is 0 Å². The fraction of sp³-hybridized carbons (Fsp3) is 0.0714. The molecule has 0 atom stereocenters. The van der Waals surface area contributed by atoms with Gasteiger partial charge in [0.25, 0.3) is 5.91 Å². The SMILES string of the molecule is O=C(Nc1cc(Br)cc(C(F)(F)F)c1)c1ccccc1O. The second kappa shape index (κ2) is 5.77. The molecule has 2 aromatic rings. The van der Waals surface area contributed by atoms with Gasteiger partial charge in [0.15, 0.2) is 0 Å². The lowest BCUT2D eigenvalue weighted by Gasteiger charge is -2.11. The van der Waals surface area contributed by atoms with Gasteiger partial charge < -0.3 is 10.4 Å². The average molecular weight is 360 g/mol. The van der Waals surface area contributed by atoms with Crippen LogP contribution in [0.5, 0.6) is 5.75 Å². The molecule has 2 aromatic carbocycles. The fourth-order valence-electron chi connectivity index (χ4n) is 1.69. The predicted molar refractivity (Wildman–Crippen MR) is 75.2 cm³/mol. The Morgan fingerprint density at radius 1 is 1.14 bits per heavy atom. The van der Waals surface area contributed by atoms with Gasteiger partial charge in [-0.2, -0.15) is 13.2 Å². The molecule has 2 rings (SSSR count). The summed E-state index contributed by atoms with van der Waals surface area (Å²) in [6.45, 7) is 0. The first kappa shape index (κ1) is 15.4. The van der Waals surface area contributed by atoms with Gasteiger partial charge in [0.2, 0.25) is 0 Å². The summed E-state index contributed by atoms with van der Waals surface area (Å²) in [4.78, 5) is 11.9. The van der Waals surface area contributed by atoms with Gasteiger partial charge in [-0.05, 0) is 30.3 Å². The molecular formula is C14H9BrF3NO2. The molecule has 110 valence electrons. The molecule has 2 N–H and O–H groups in total. The summed E-state index contributed by atoms with van der Waals surface area (Å²) in [6, 6.07) is 8.83. The lowest BCUT2D eigenvalue weighted by atomic mass is 10.1. The number of halogens is 4. The Morgan fingerprint density at radius 3 is 2.43 bits per heavy atom. The zero-order valence-electron chi connectivity index (χ0n) is 10.4. The highest BCUT2D eigenvalue weighted by atomic mass is 79.9. The van der Waals surface area contributed by atoms with E-state index in [0.29, 0.717) is 0 Å². The van der Waals surface area contributed by atoms with E-state index in [1.807, 2.05) is 0 Å². The topological polar surface area (TPSA) is 49.3 Å². The Balaban J connectivity index is 2.30. The maximum Gasteiger partial charge on any atom is 0.416 e. The van der Waals surface area contributed by atoms with Crippen LogP contribution in [0.1, 0.15) is 15.9 Å². The van der Waals surface area contributed by atoms with E-state index in [0.717, 1.165) is 12.1 Å². The number of carbonyl (C=O) groups excluding carboxylic acids is 1. The monoisotopic (exact) mass is 359 g/mol. The third-order valence-corrected chi connectivity index (χ3v) is 3.09. The van der Waals surface area contributed by atoms with Crippen LogP contribution in [0.3, 0.4) is 0 Å². The van der Waals surface area contributed by atoms with Crippen molar-refractivity contribution >= 4 is 27.5 Å². The Labute approximate surface area is 126 Å². The first-order valence-electron chi connectivity index (χ1n) is 5.74. The number of hydrogen-bond donors (Lipinski definition) is 2. The van der Waals surface area contributed by atoms with Crippen LogP contribution >= 0.6 is 15.9 Å². The van der Waals surface area contributed by atoms with Crippen LogP contribution in [0.15, 0.2) is 46.9 Å². The lowest BCUT2D eigenvalue weighted by molar-refractivity contribution is -0.137. The van der Waals surface area contributed by atoms with Crippen LogP contribution in [0, 0.1) is 0 Å². The summed E-state index contributed by atoms with van der Waals surface area (Å²) in [5.74, 6) is -0.944. The van der Waals surface area contributed by atoms with Gasteiger partial charge in [-0.25, -0.2) is 0 Å². The number of aromatic hydroxyl groups is 1. The van der Waals surface area contributed by atoms with Crippen LogP contribution in [0.2, 0.25) is 0 Å². The molecule has 0 radical (unpaired) electrons. The Hall–Kier alpha value is -2.02. The van der Waals surface area contributed by atoms with Crippen molar-refractivity contribution in [2.24, 2.45) is 0 Å². The van der Waals surface area contributed by atoms with Gasteiger partial charge in [-0.3, -0.25) is 4.79 Å². The number of nitrogens with one attached hydrogen (secondary N) is 1. The largest absolute Gasteiger partial charge is 0.507 e. The first-order chi connectivity index (χ1) is 9.77. The van der Waals surface area contributed by atoms with Crippen molar-refractivity contribution in [3.05, 3.63) is 58.1 Å². The molecule has 0 fully saturated rings. The van der Waals surface area contributed by atoms with E-state index in [1.54, 1.807) is 0 Å². The van der Waals surface area contributed by atoms with E-state index in [4.69, 9.17) is 0 Å². The molecule has 0 aromatic heterocycles. The van der Waals surface area contributed by atoms with Gasteiger partial charge in [-0.15, -0.1) is 0 Å². The zero-order chi connectivity index (χ0) is 15.6. The summed E-state index contributed by atoms with van der Waals surface area (Å²) in [6.07, 6.45) is -4.52. The molecule has 0 aliphatic rings. The third kappa shape index (κ3) is 3.75. The maximum atomic E-state index is 12.7. The molecule has 7 heteroatoms. The van der Waals surface area contributed by atoms with Crippen LogP contribution < -0.4 is 5.32 Å². The second-order valence-electron chi connectivity index (χ2n) is 4.20. The van der Waals surface area contributed by atoms with E-state index in [1.165, 1.54) is 30.3 Å². The number of amides is 1. The van der Waals surface area contributed by atoms with Crippen molar-refractivity contribution < 1.29 is 23.1 Å². The molecule has 0 bridgehead atoms. The van der Waals surface area contributed by atoms with Gasteiger partial charge in [0.1, 0.15) is 5.75 Å². The normalized spacial score (nSPS) is 11.2. The highest BCUT2D eigenvalue weighted by Gasteiger charge is 2.31. The van der Waals surface area contributed by atoms with Crippen LogP contribution in [-0.2, 0) is 6.18 Å². The molecule has 0 spiro atoms. The van der Waals surface area contributed by atoms with E-state index in [2.05, 4.69) is 21.2 Å². The molecule has 0 saturated carbocycles. The smallest absolute Gasteiger partial charge is 0.416 e. The minimum atomic E-state index is -4.52. The number of phenols is 1. The Bertz CT molecular complexity index is 686. The summed E-state index contributed by atoms with van der Waals surface area (Å²) in [5, 5.41) is 11.9. The number of anilines is 1. The molecule has 0 aliphatic heterocycles. The van der Waals surface area contributed by atoms with Crippen molar-refractivity contribution in [2.75, 3.05) is 5.32 Å². The summed E-state index contributed by atoms with van der Waals surface area (Å²) in [5.41, 5.74) is -0.930. The number of para-hydroxylation sites is 1. The quantitative estimate of drug-likeness (QED) is 0.833. The fourth-order valence-corrected chi connectivity index (χ4v) is 2.18. The van der Waals surface area contributed by atoms with Gasteiger partial charge in [-0.1, -0.05) is 28.1 Å². The number of phenolic OH excluding ortho intramolecular Hbond substituents is 1. The molecule has 3 nitrogen and oxygen atoms in total. The summed E-state index contributed by atoms with van der Waals surface area (Å²) >= 11 is 2.97. The Kier molecular flexibility index (Phi) is 4.22. The summed E-state index contributed by atoms with van der Waals surface area (Å²) < 4.78 is 38.3. The van der Waals surface area contributed by atoms with E-state index in [9.17, 15) is 23.1 Å². The standard InChI is InChI=1S/C14H9BrF3NO2/c15-9-5-8(14(16,17)18)6-10(7-9)19-13(21)11-3-1-2-4-12(11)20/h1-7,20H,(H,19,21). The minimum Gasteiger partial charge on any atom is -0.507 e. The molecule has 0 aliphatic carbocycles. The van der Waals surface area contributed by atoms with Crippen molar-refractivity contribution in [3.63, 3.8) is 0 Å². The molecule has 0 saturated heterocycles. The van der Waals surface area contributed by atoms with Crippen LogP contribution in [-0.4, -0.2) is 11.0 Å². The first-order valence-corrected chi connectivity index (χ1v) is 6.54. The summed E-state index contributed by atoms with van der Waals surface area (Å²) in [7, 11) is 0. The highest BCUT2D eigenvalue weighted by molar-refractivity contribution is 9.10. The van der Waals surface area contributed by atoms with Crippen molar-refractivity contribution in [3.8, 4) is 5.75 Å². The van der Waals surface area contributed by atoms with E-state index in [-0.39, 0.29) is 21.5 Å². The van der Waals surface area contributed by atoms with Crippen molar-refractivity contribution in [1.29, 1.82) is 0 Å². The maximum absolute atomic E-state index is 12.7. The molecule has 0 unspecified atom stereocenters. The second-order valence-corrected chi connectivity index (χ2v) is 5.11. The number of hydrogen-bond acceptors (Lipinski definition) is 2. The molecule has 0 heterocycles. The average Bonchev–Trinajstić information content (AvgIpc) is 2.37. The van der Waals surface area contributed by atoms with Gasteiger partial charge in [0, 0.05) is 10.2 Å². The van der Waals surface area contributed by atoms with Gasteiger partial charge >= 0.3 is 6.18 Å². The number of benzene rings is 2. The zero-order valence-corrected chi connectivity index (χ0v) is 12.0. The minimum absolute atomic E-state index is 0.0222. The molecular weight excluding hydrogens is 351 g/mol. The van der Waals surface area contributed by atoms with Crippen LogP contribution in [0.25, 0.3) is 0 Å². The van der Waals surface area contributed by atoms with Crippen LogP contribution in [0.4, 0.5) is 18.9 Å². The molecule has 21 heavy (non-hydrogen) atoms. The Morgan fingerprint density at radius 2 is 1.81 bits per heavy atom. The number of rotatable bonds is 2. The number of alkyl halides is 3. The lowest BCUT2D eigenvalue weighted by Crippen LogP contribution is -2.13. The van der Waals surface area contributed by atoms with Crippen molar-refractivity contribution in [2.45, 2.75) is 6.18 Å². The molecule has 1 amide bonds. The van der Waals surface area contributed by atoms with E-state index < -0.39 is 17.6 Å². The highest BCUT2D eigenvalue weighted by Crippen LogP contribution is 2.33. The van der Waals surface area contributed by atoms with Crippen molar-refractivity contribution in [1.82, 2.24) is 0 Å². The third-order valence-electron chi connectivity index (χ3n) is 2.63.